The van der Waals surface area contributed by atoms with Crippen molar-refractivity contribution in [2.24, 2.45) is 0 Å². The molecule has 0 spiro atoms. The quantitative estimate of drug-likeness (QED) is 0.693. The van der Waals surface area contributed by atoms with E-state index in [-0.39, 0.29) is 0 Å². The number of nitrogens with two attached hydrogens (primary N) is 1. The van der Waals surface area contributed by atoms with Gasteiger partial charge in [-0.05, 0) is 37.6 Å². The van der Waals surface area contributed by atoms with Crippen LogP contribution in [0.25, 0.3) is 10.9 Å². The van der Waals surface area contributed by atoms with E-state index in [1.807, 2.05) is 18.5 Å². The van der Waals surface area contributed by atoms with Crippen LogP contribution in [-0.4, -0.2) is 16.5 Å². The lowest BCUT2D eigenvalue weighted by Crippen LogP contribution is -2.83. The van der Waals surface area contributed by atoms with Gasteiger partial charge in [0.1, 0.15) is 6.54 Å². The molecular formula is C18H22N3+. The van der Waals surface area contributed by atoms with Gasteiger partial charge in [-0.1, -0.05) is 17.7 Å². The molecule has 0 aliphatic heterocycles. The molecule has 0 atom stereocenters. The lowest BCUT2D eigenvalue weighted by atomic mass is 10.1. The molecule has 2 heterocycles. The molecule has 3 aromatic rings. The Kier molecular flexibility index (Phi) is 4.02. The van der Waals surface area contributed by atoms with Gasteiger partial charge in [-0.3, -0.25) is 4.98 Å². The van der Waals surface area contributed by atoms with Gasteiger partial charge in [0, 0.05) is 41.0 Å². The van der Waals surface area contributed by atoms with E-state index >= 15 is 0 Å². The second kappa shape index (κ2) is 6.10. The highest BCUT2D eigenvalue weighted by molar-refractivity contribution is 5.85. The minimum absolute atomic E-state index is 0.994. The van der Waals surface area contributed by atoms with E-state index in [4.69, 9.17) is 0 Å². The van der Waals surface area contributed by atoms with Gasteiger partial charge >= 0.3 is 0 Å². The van der Waals surface area contributed by atoms with Crippen LogP contribution in [0.15, 0.2) is 42.7 Å². The van der Waals surface area contributed by atoms with Crippen LogP contribution >= 0.6 is 0 Å². The van der Waals surface area contributed by atoms with E-state index in [1.54, 1.807) is 0 Å². The number of rotatable bonds is 5. The molecule has 0 amide bonds. The summed E-state index contributed by atoms with van der Waals surface area (Å²) in [5.41, 5.74) is 6.60. The van der Waals surface area contributed by atoms with Crippen LogP contribution in [0.3, 0.4) is 0 Å². The molecule has 3 rings (SSSR count). The summed E-state index contributed by atoms with van der Waals surface area (Å²) in [4.78, 5) is 7.64. The predicted molar refractivity (Wildman–Crippen MR) is 86.2 cm³/mol. The first-order chi connectivity index (χ1) is 10.2. The zero-order valence-electron chi connectivity index (χ0n) is 12.7. The molecule has 108 valence electrons. The average Bonchev–Trinajstić information content (AvgIpc) is 2.80. The number of nitrogens with zero attached hydrogens (tertiary/aromatic N) is 1. The molecule has 0 fully saturated rings. The number of H-pyrrole nitrogens is 1. The summed E-state index contributed by atoms with van der Waals surface area (Å²) in [5.74, 6) is 0. The summed E-state index contributed by atoms with van der Waals surface area (Å²) in [6.07, 6.45) is 4.85. The molecular weight excluding hydrogens is 258 g/mol. The average molecular weight is 280 g/mol. The van der Waals surface area contributed by atoms with E-state index in [2.05, 4.69) is 53.4 Å². The van der Waals surface area contributed by atoms with E-state index in [1.165, 1.54) is 33.3 Å². The first-order valence-corrected chi connectivity index (χ1v) is 7.52. The van der Waals surface area contributed by atoms with Crippen LogP contribution in [0.2, 0.25) is 0 Å². The highest BCUT2D eigenvalue weighted by atomic mass is 14.9. The Morgan fingerprint density at radius 2 is 2.10 bits per heavy atom. The van der Waals surface area contributed by atoms with Crippen LogP contribution in [0, 0.1) is 13.8 Å². The Morgan fingerprint density at radius 3 is 2.90 bits per heavy atom. The third-order valence-electron chi connectivity index (χ3n) is 3.98. The Bertz CT molecular complexity index is 729. The maximum absolute atomic E-state index is 4.15. The number of aryl methyl sites for hydroxylation is 2. The van der Waals surface area contributed by atoms with Crippen LogP contribution in [0.5, 0.6) is 0 Å². The summed E-state index contributed by atoms with van der Waals surface area (Å²) >= 11 is 0. The van der Waals surface area contributed by atoms with E-state index in [9.17, 15) is 0 Å². The molecule has 3 N–H and O–H groups in total. The zero-order chi connectivity index (χ0) is 14.7. The van der Waals surface area contributed by atoms with E-state index in [0.717, 1.165) is 19.5 Å². The SMILES string of the molecule is Cc1ccc2[nH]c(C)c(CC[NH2+]Cc3cccnc3)c2c1. The van der Waals surface area contributed by atoms with Crippen molar-refractivity contribution in [3.63, 3.8) is 0 Å². The number of pyridine rings is 1. The largest absolute Gasteiger partial charge is 0.358 e. The van der Waals surface area contributed by atoms with Gasteiger partial charge in [-0.25, -0.2) is 0 Å². The third kappa shape index (κ3) is 3.14. The maximum Gasteiger partial charge on any atom is 0.103 e. The number of quaternary nitrogens is 1. The Balaban J connectivity index is 1.65. The lowest BCUT2D eigenvalue weighted by Gasteiger charge is -2.03. The van der Waals surface area contributed by atoms with Crippen molar-refractivity contribution >= 4 is 10.9 Å². The number of hydrogen-bond donors (Lipinski definition) is 2. The topological polar surface area (TPSA) is 45.3 Å². The number of hydrogen-bond acceptors (Lipinski definition) is 1. The smallest absolute Gasteiger partial charge is 0.103 e. The molecule has 0 unspecified atom stereocenters. The van der Waals surface area contributed by atoms with Crippen molar-refractivity contribution in [2.75, 3.05) is 6.54 Å². The van der Waals surface area contributed by atoms with Crippen molar-refractivity contribution in [3.8, 4) is 0 Å². The van der Waals surface area contributed by atoms with Crippen molar-refractivity contribution in [1.29, 1.82) is 0 Å². The van der Waals surface area contributed by atoms with Gasteiger partial charge < -0.3 is 10.3 Å². The number of aromatic nitrogens is 2. The van der Waals surface area contributed by atoms with Crippen LogP contribution < -0.4 is 5.32 Å². The summed E-state index contributed by atoms with van der Waals surface area (Å²) < 4.78 is 0. The van der Waals surface area contributed by atoms with Gasteiger partial charge in [0.05, 0.1) is 6.54 Å². The highest BCUT2D eigenvalue weighted by Crippen LogP contribution is 2.23. The van der Waals surface area contributed by atoms with Gasteiger partial charge in [0.2, 0.25) is 0 Å². The minimum Gasteiger partial charge on any atom is -0.358 e. The fraction of sp³-hybridized carbons (Fsp3) is 0.278. The number of fused-ring (bicyclic) bond motifs is 1. The molecule has 0 saturated heterocycles. The van der Waals surface area contributed by atoms with Crippen molar-refractivity contribution < 1.29 is 5.32 Å². The second-order valence-electron chi connectivity index (χ2n) is 5.67. The highest BCUT2D eigenvalue weighted by Gasteiger charge is 2.09. The molecule has 3 heteroatoms. The second-order valence-corrected chi connectivity index (χ2v) is 5.67. The van der Waals surface area contributed by atoms with Gasteiger partial charge in [-0.15, -0.1) is 0 Å². The number of aromatic amines is 1. The Hall–Kier alpha value is -2.13. The monoisotopic (exact) mass is 280 g/mol. The standard InChI is InChI=1S/C18H21N3/c1-13-5-6-18-17(10-13)16(14(2)21-18)7-9-20-12-15-4-3-8-19-11-15/h3-6,8,10-11,20-21H,7,9,12H2,1-2H3/p+1. The van der Waals surface area contributed by atoms with Crippen molar-refractivity contribution in [3.05, 3.63) is 65.1 Å². The third-order valence-corrected chi connectivity index (χ3v) is 3.98. The summed E-state index contributed by atoms with van der Waals surface area (Å²) in [6.45, 7) is 6.41. The summed E-state index contributed by atoms with van der Waals surface area (Å²) in [6, 6.07) is 10.8. The molecule has 3 nitrogen and oxygen atoms in total. The molecule has 0 aliphatic rings. The summed E-state index contributed by atoms with van der Waals surface area (Å²) in [7, 11) is 0. The minimum atomic E-state index is 0.994. The molecule has 1 aromatic carbocycles. The Labute approximate surface area is 125 Å². The lowest BCUT2D eigenvalue weighted by molar-refractivity contribution is -0.670. The number of nitrogens with one attached hydrogen (secondary N) is 1. The van der Waals surface area contributed by atoms with Gasteiger partial charge in [0.25, 0.3) is 0 Å². The molecule has 21 heavy (non-hydrogen) atoms. The van der Waals surface area contributed by atoms with Crippen LogP contribution in [-0.2, 0) is 13.0 Å². The maximum atomic E-state index is 4.15. The van der Waals surface area contributed by atoms with E-state index < -0.39 is 0 Å². The molecule has 0 saturated carbocycles. The normalized spacial score (nSPS) is 11.1. The zero-order valence-corrected chi connectivity index (χ0v) is 12.7. The van der Waals surface area contributed by atoms with Crippen molar-refractivity contribution in [2.45, 2.75) is 26.8 Å². The molecule has 0 bridgehead atoms. The molecule has 2 aromatic heterocycles. The predicted octanol–water partition coefficient (Wildman–Crippen LogP) is 2.49. The van der Waals surface area contributed by atoms with Crippen LogP contribution in [0.1, 0.15) is 22.4 Å². The fourth-order valence-corrected chi connectivity index (χ4v) is 2.85. The Morgan fingerprint density at radius 1 is 1.19 bits per heavy atom. The van der Waals surface area contributed by atoms with Crippen LogP contribution in [0.4, 0.5) is 0 Å². The molecule has 0 radical (unpaired) electrons. The first kappa shape index (κ1) is 13.8. The summed E-state index contributed by atoms with van der Waals surface area (Å²) in [5, 5.41) is 3.73. The van der Waals surface area contributed by atoms with Crippen molar-refractivity contribution in [1.82, 2.24) is 9.97 Å². The van der Waals surface area contributed by atoms with Gasteiger partial charge in [0.15, 0.2) is 0 Å². The number of benzene rings is 1. The first-order valence-electron chi connectivity index (χ1n) is 7.52. The van der Waals surface area contributed by atoms with E-state index in [0.29, 0.717) is 0 Å². The molecule has 0 aliphatic carbocycles. The van der Waals surface area contributed by atoms with Gasteiger partial charge in [-0.2, -0.15) is 0 Å². The fourth-order valence-electron chi connectivity index (χ4n) is 2.85.